The molecule has 1 saturated carbocycles. The Hall–Kier alpha value is -2.87. The fraction of sp³-hybridized carbons (Fsp3) is 0.300. The van der Waals surface area contributed by atoms with Gasteiger partial charge >= 0.3 is 0 Å². The third kappa shape index (κ3) is 3.73. The van der Waals surface area contributed by atoms with Gasteiger partial charge in [0.15, 0.2) is 5.01 Å². The first kappa shape index (κ1) is 18.5. The van der Waals surface area contributed by atoms with Crippen LogP contribution in [0.4, 0.5) is 4.39 Å². The van der Waals surface area contributed by atoms with E-state index >= 15 is 0 Å². The van der Waals surface area contributed by atoms with Gasteiger partial charge in [0.1, 0.15) is 11.5 Å². The molecule has 2 aromatic heterocycles. The number of rotatable bonds is 5. The predicted molar refractivity (Wildman–Crippen MR) is 106 cm³/mol. The summed E-state index contributed by atoms with van der Waals surface area (Å²) in [5.41, 5.74) is 2.29. The van der Waals surface area contributed by atoms with E-state index in [9.17, 15) is 14.0 Å². The monoisotopic (exact) mass is 398 g/mol. The molecule has 2 heterocycles. The molecule has 0 atom stereocenters. The minimum absolute atomic E-state index is 0.0525. The molecule has 0 spiro atoms. The Morgan fingerprint density at radius 3 is 2.61 bits per heavy atom. The number of benzene rings is 1. The molecule has 8 heteroatoms. The molecule has 0 unspecified atom stereocenters. The first-order valence-electron chi connectivity index (χ1n) is 9.10. The molecule has 0 bridgehead atoms. The van der Waals surface area contributed by atoms with Crippen molar-refractivity contribution in [2.45, 2.75) is 38.6 Å². The molecule has 1 fully saturated rings. The van der Waals surface area contributed by atoms with E-state index in [0.29, 0.717) is 26.8 Å². The van der Waals surface area contributed by atoms with Crippen molar-refractivity contribution in [3.63, 3.8) is 0 Å². The summed E-state index contributed by atoms with van der Waals surface area (Å²) >= 11 is 1.23. The molecule has 2 N–H and O–H groups in total. The highest BCUT2D eigenvalue weighted by Gasteiger charge is 2.27. The normalized spacial score (nSPS) is 13.7. The van der Waals surface area contributed by atoms with Crippen LogP contribution in [0.2, 0.25) is 0 Å². The van der Waals surface area contributed by atoms with Crippen LogP contribution in [0, 0.1) is 5.82 Å². The zero-order valence-corrected chi connectivity index (χ0v) is 16.3. The first-order valence-corrected chi connectivity index (χ1v) is 9.91. The number of thiazole rings is 1. The van der Waals surface area contributed by atoms with Crippen molar-refractivity contribution in [1.82, 2.24) is 20.5 Å². The molecule has 0 aliphatic heterocycles. The highest BCUT2D eigenvalue weighted by Crippen LogP contribution is 2.39. The quantitative estimate of drug-likeness (QED) is 0.686. The number of aromatic nitrogens is 3. The minimum Gasteiger partial charge on any atom is -0.347 e. The number of aromatic amines is 1. The molecule has 1 amide bonds. The summed E-state index contributed by atoms with van der Waals surface area (Å²) in [6, 6.07) is 7.68. The van der Waals surface area contributed by atoms with Crippen molar-refractivity contribution in [2.75, 3.05) is 0 Å². The summed E-state index contributed by atoms with van der Waals surface area (Å²) < 4.78 is 13.4. The van der Waals surface area contributed by atoms with Crippen LogP contribution in [-0.4, -0.2) is 27.1 Å². The largest absolute Gasteiger partial charge is 0.347 e. The van der Waals surface area contributed by atoms with Gasteiger partial charge in [-0.3, -0.25) is 9.59 Å². The van der Waals surface area contributed by atoms with Crippen molar-refractivity contribution in [3.05, 3.63) is 57.1 Å². The SMILES string of the molecule is CC(C)c1cc(=O)[nH]nc1-c1sc(C(=O)NC2CC2)nc1-c1ccc(F)cc1. The molecule has 6 nitrogen and oxygen atoms in total. The Labute approximate surface area is 164 Å². The molecule has 1 aromatic carbocycles. The lowest BCUT2D eigenvalue weighted by Crippen LogP contribution is -2.25. The maximum absolute atomic E-state index is 13.4. The van der Waals surface area contributed by atoms with E-state index in [1.807, 2.05) is 13.8 Å². The lowest BCUT2D eigenvalue weighted by molar-refractivity contribution is 0.0951. The molecule has 144 valence electrons. The number of nitrogens with one attached hydrogen (secondary N) is 2. The highest BCUT2D eigenvalue weighted by atomic mass is 32.1. The van der Waals surface area contributed by atoms with Crippen molar-refractivity contribution in [1.29, 1.82) is 0 Å². The average molecular weight is 398 g/mol. The maximum atomic E-state index is 13.4. The molecule has 28 heavy (non-hydrogen) atoms. The van der Waals surface area contributed by atoms with Gasteiger partial charge in [0.05, 0.1) is 10.6 Å². The number of amides is 1. The molecular weight excluding hydrogens is 379 g/mol. The standard InChI is InChI=1S/C20H19FN4O2S/c1-10(2)14-9-15(26)24-25-17(14)18-16(11-3-5-12(21)6-4-11)23-20(28-18)19(27)22-13-7-8-13/h3-6,9-10,13H,7-8H2,1-2H3,(H,22,27)(H,24,26). The Morgan fingerprint density at radius 1 is 1.25 bits per heavy atom. The Morgan fingerprint density at radius 2 is 1.96 bits per heavy atom. The number of hydrogen-bond donors (Lipinski definition) is 2. The minimum atomic E-state index is -0.350. The summed E-state index contributed by atoms with van der Waals surface area (Å²) in [7, 11) is 0. The predicted octanol–water partition coefficient (Wildman–Crippen LogP) is 3.72. The van der Waals surface area contributed by atoms with Gasteiger partial charge in [0, 0.05) is 17.7 Å². The van der Waals surface area contributed by atoms with E-state index in [0.717, 1.165) is 18.4 Å². The van der Waals surface area contributed by atoms with Gasteiger partial charge in [-0.1, -0.05) is 13.8 Å². The first-order chi connectivity index (χ1) is 13.4. The lowest BCUT2D eigenvalue weighted by Gasteiger charge is -2.10. The van der Waals surface area contributed by atoms with Crippen LogP contribution >= 0.6 is 11.3 Å². The molecule has 0 saturated heterocycles. The summed E-state index contributed by atoms with van der Waals surface area (Å²) in [6.07, 6.45) is 1.96. The van der Waals surface area contributed by atoms with Crippen molar-refractivity contribution < 1.29 is 9.18 Å². The smallest absolute Gasteiger partial charge is 0.280 e. The van der Waals surface area contributed by atoms with Gasteiger partial charge in [0.25, 0.3) is 11.5 Å². The van der Waals surface area contributed by atoms with Crippen molar-refractivity contribution >= 4 is 17.2 Å². The second-order valence-electron chi connectivity index (χ2n) is 7.14. The summed E-state index contributed by atoms with van der Waals surface area (Å²) in [4.78, 5) is 29.5. The van der Waals surface area contributed by atoms with Crippen LogP contribution in [0.3, 0.4) is 0 Å². The Bertz CT molecular complexity index is 1080. The summed E-state index contributed by atoms with van der Waals surface area (Å²) in [6.45, 7) is 3.94. The van der Waals surface area contributed by atoms with Crippen molar-refractivity contribution in [3.8, 4) is 21.8 Å². The van der Waals surface area contributed by atoms with Gasteiger partial charge < -0.3 is 5.32 Å². The van der Waals surface area contributed by atoms with Crippen LogP contribution in [0.25, 0.3) is 21.8 Å². The molecule has 1 aliphatic rings. The zero-order chi connectivity index (χ0) is 19.8. The van der Waals surface area contributed by atoms with Crippen LogP contribution in [0.5, 0.6) is 0 Å². The lowest BCUT2D eigenvalue weighted by atomic mass is 9.99. The van der Waals surface area contributed by atoms with Gasteiger partial charge in [0.2, 0.25) is 0 Å². The van der Waals surface area contributed by atoms with E-state index in [-0.39, 0.29) is 29.2 Å². The second kappa shape index (κ2) is 7.27. The molecular formula is C20H19FN4O2S. The topological polar surface area (TPSA) is 87.7 Å². The number of halogens is 1. The average Bonchev–Trinajstić information content (AvgIpc) is 3.37. The van der Waals surface area contributed by atoms with E-state index in [1.54, 1.807) is 12.1 Å². The number of carbonyl (C=O) groups is 1. The van der Waals surface area contributed by atoms with E-state index in [2.05, 4.69) is 20.5 Å². The summed E-state index contributed by atoms with van der Waals surface area (Å²) in [5.74, 6) is -0.522. The summed E-state index contributed by atoms with van der Waals surface area (Å²) in [5, 5.41) is 9.98. The fourth-order valence-electron chi connectivity index (χ4n) is 2.90. The number of carbonyl (C=O) groups excluding carboxylic acids is 1. The van der Waals surface area contributed by atoms with Crippen LogP contribution < -0.4 is 10.9 Å². The Kier molecular flexibility index (Phi) is 4.80. The highest BCUT2D eigenvalue weighted by molar-refractivity contribution is 7.17. The van der Waals surface area contributed by atoms with Crippen LogP contribution in [-0.2, 0) is 0 Å². The van der Waals surface area contributed by atoms with Gasteiger partial charge in [-0.05, 0) is 48.6 Å². The van der Waals surface area contributed by atoms with E-state index in [1.165, 1.54) is 29.5 Å². The molecule has 4 rings (SSSR count). The van der Waals surface area contributed by atoms with Gasteiger partial charge in [-0.25, -0.2) is 14.5 Å². The van der Waals surface area contributed by atoms with Crippen LogP contribution in [0.1, 0.15) is 48.0 Å². The van der Waals surface area contributed by atoms with Gasteiger partial charge in [-0.2, -0.15) is 5.10 Å². The van der Waals surface area contributed by atoms with Crippen molar-refractivity contribution in [2.24, 2.45) is 0 Å². The zero-order valence-electron chi connectivity index (χ0n) is 15.5. The van der Waals surface area contributed by atoms with E-state index < -0.39 is 0 Å². The third-order valence-electron chi connectivity index (χ3n) is 4.53. The fourth-order valence-corrected chi connectivity index (χ4v) is 3.90. The number of nitrogens with zero attached hydrogens (tertiary/aromatic N) is 2. The Balaban J connectivity index is 1.87. The maximum Gasteiger partial charge on any atom is 0.280 e. The van der Waals surface area contributed by atoms with Crippen LogP contribution in [0.15, 0.2) is 35.1 Å². The van der Waals surface area contributed by atoms with Gasteiger partial charge in [-0.15, -0.1) is 11.3 Å². The molecule has 1 aliphatic carbocycles. The van der Waals surface area contributed by atoms with E-state index in [4.69, 9.17) is 0 Å². The molecule has 0 radical (unpaired) electrons. The molecule has 3 aromatic rings. The third-order valence-corrected chi connectivity index (χ3v) is 5.59. The number of hydrogen-bond acceptors (Lipinski definition) is 5. The number of H-pyrrole nitrogens is 1. The second-order valence-corrected chi connectivity index (χ2v) is 8.14.